The molecule has 0 aliphatic heterocycles. The van der Waals surface area contributed by atoms with Gasteiger partial charge in [-0.1, -0.05) is 12.1 Å². The van der Waals surface area contributed by atoms with Crippen molar-refractivity contribution >= 4 is 23.4 Å². The van der Waals surface area contributed by atoms with Gasteiger partial charge >= 0.3 is 0 Å². The molecular formula is C14H14FN3OS. The molecular weight excluding hydrogens is 277 g/mol. The Labute approximate surface area is 120 Å². The van der Waals surface area contributed by atoms with Crippen LogP contribution in [0.3, 0.4) is 0 Å². The molecule has 20 heavy (non-hydrogen) atoms. The Balaban J connectivity index is 2.02. The third-order valence-corrected chi connectivity index (χ3v) is 3.69. The second kappa shape index (κ2) is 6.40. The summed E-state index contributed by atoms with van der Waals surface area (Å²) >= 11 is 1.48. The minimum atomic E-state index is -0.345. The summed E-state index contributed by atoms with van der Waals surface area (Å²) < 4.78 is 13.2. The van der Waals surface area contributed by atoms with Crippen molar-refractivity contribution in [3.05, 3.63) is 59.4 Å². The molecule has 4 nitrogen and oxygen atoms in total. The van der Waals surface area contributed by atoms with E-state index in [9.17, 15) is 9.18 Å². The summed E-state index contributed by atoms with van der Waals surface area (Å²) in [6, 6.07) is 11.5. The summed E-state index contributed by atoms with van der Waals surface area (Å²) in [5.41, 5.74) is 9.58. The molecule has 2 aromatic rings. The lowest BCUT2D eigenvalue weighted by Crippen LogP contribution is -2.29. The van der Waals surface area contributed by atoms with Gasteiger partial charge in [-0.25, -0.2) is 10.2 Å². The van der Waals surface area contributed by atoms with E-state index in [2.05, 4.69) is 5.43 Å². The SMILES string of the molecule is NNC(=O)c1ccc(CSc2cc(N)cc(F)c2)cc1. The number of nitrogens with one attached hydrogen (secondary N) is 1. The minimum Gasteiger partial charge on any atom is -0.399 e. The molecule has 0 fully saturated rings. The van der Waals surface area contributed by atoms with E-state index in [1.165, 1.54) is 23.9 Å². The zero-order chi connectivity index (χ0) is 14.5. The third-order valence-electron chi connectivity index (χ3n) is 2.65. The van der Waals surface area contributed by atoms with Crippen molar-refractivity contribution in [3.8, 4) is 0 Å². The molecule has 6 heteroatoms. The maximum atomic E-state index is 13.2. The van der Waals surface area contributed by atoms with Crippen LogP contribution in [0, 0.1) is 5.82 Å². The van der Waals surface area contributed by atoms with Crippen LogP contribution < -0.4 is 17.0 Å². The highest BCUT2D eigenvalue weighted by Gasteiger charge is 2.04. The fourth-order valence-corrected chi connectivity index (χ4v) is 2.61. The Morgan fingerprint density at radius 2 is 1.90 bits per heavy atom. The fraction of sp³-hybridized carbons (Fsp3) is 0.0714. The molecule has 0 saturated heterocycles. The van der Waals surface area contributed by atoms with E-state index in [4.69, 9.17) is 11.6 Å². The summed E-state index contributed by atoms with van der Waals surface area (Å²) in [7, 11) is 0. The smallest absolute Gasteiger partial charge is 0.265 e. The number of thioether (sulfide) groups is 1. The lowest BCUT2D eigenvalue weighted by Gasteiger charge is -2.05. The first-order chi connectivity index (χ1) is 9.58. The number of carbonyl (C=O) groups is 1. The Hall–Kier alpha value is -2.05. The third kappa shape index (κ3) is 3.72. The number of hydrazine groups is 1. The topological polar surface area (TPSA) is 81.1 Å². The molecule has 104 valence electrons. The van der Waals surface area contributed by atoms with Crippen molar-refractivity contribution in [3.63, 3.8) is 0 Å². The van der Waals surface area contributed by atoms with Crippen molar-refractivity contribution in [1.29, 1.82) is 0 Å². The molecule has 2 aromatic carbocycles. The highest BCUT2D eigenvalue weighted by molar-refractivity contribution is 7.98. The molecule has 0 spiro atoms. The van der Waals surface area contributed by atoms with E-state index in [1.807, 2.05) is 12.1 Å². The lowest BCUT2D eigenvalue weighted by molar-refractivity contribution is 0.0953. The van der Waals surface area contributed by atoms with Gasteiger partial charge in [0.25, 0.3) is 5.91 Å². The van der Waals surface area contributed by atoms with Gasteiger partial charge in [-0.3, -0.25) is 10.2 Å². The number of amides is 1. The molecule has 0 bridgehead atoms. The molecule has 0 radical (unpaired) electrons. The van der Waals surface area contributed by atoms with Gasteiger partial charge in [-0.05, 0) is 35.9 Å². The minimum absolute atomic E-state index is 0.331. The van der Waals surface area contributed by atoms with E-state index in [0.29, 0.717) is 17.0 Å². The van der Waals surface area contributed by atoms with Crippen LogP contribution in [0.4, 0.5) is 10.1 Å². The molecule has 0 saturated carbocycles. The Morgan fingerprint density at radius 3 is 2.50 bits per heavy atom. The second-order valence-corrected chi connectivity index (χ2v) is 5.23. The van der Waals surface area contributed by atoms with Crippen LogP contribution in [0.1, 0.15) is 15.9 Å². The van der Waals surface area contributed by atoms with Crippen LogP contribution in [0.5, 0.6) is 0 Å². The molecule has 2 rings (SSSR count). The van der Waals surface area contributed by atoms with Crippen LogP contribution in [0.2, 0.25) is 0 Å². The molecule has 5 N–H and O–H groups in total. The van der Waals surface area contributed by atoms with Crippen molar-refractivity contribution in [2.45, 2.75) is 10.6 Å². The zero-order valence-electron chi connectivity index (χ0n) is 10.6. The van der Waals surface area contributed by atoms with Crippen molar-refractivity contribution in [1.82, 2.24) is 5.43 Å². The number of hydrogen-bond donors (Lipinski definition) is 3. The summed E-state index contributed by atoms with van der Waals surface area (Å²) in [5.74, 6) is 5.04. The first-order valence-corrected chi connectivity index (χ1v) is 6.86. The molecule has 0 aliphatic rings. The van der Waals surface area contributed by atoms with Gasteiger partial charge in [-0.15, -0.1) is 11.8 Å². The molecule has 1 amide bonds. The summed E-state index contributed by atoms with van der Waals surface area (Å²) in [6.07, 6.45) is 0. The van der Waals surface area contributed by atoms with Crippen LogP contribution in [0.25, 0.3) is 0 Å². The van der Waals surface area contributed by atoms with Crippen LogP contribution >= 0.6 is 11.8 Å². The van der Waals surface area contributed by atoms with Gasteiger partial charge in [0.1, 0.15) is 5.82 Å². The Bertz CT molecular complexity index is 596. The van der Waals surface area contributed by atoms with Crippen LogP contribution in [0.15, 0.2) is 47.4 Å². The number of nitrogen functional groups attached to an aromatic ring is 2. The predicted molar refractivity (Wildman–Crippen MR) is 78.5 cm³/mol. The number of hydrogen-bond acceptors (Lipinski definition) is 4. The quantitative estimate of drug-likeness (QED) is 0.265. The maximum absolute atomic E-state index is 13.2. The number of carbonyl (C=O) groups excluding carboxylic acids is 1. The lowest BCUT2D eigenvalue weighted by atomic mass is 10.1. The van der Waals surface area contributed by atoms with Gasteiger partial charge in [0.15, 0.2) is 0 Å². The van der Waals surface area contributed by atoms with Gasteiger partial charge in [0, 0.05) is 21.9 Å². The number of anilines is 1. The summed E-state index contributed by atoms with van der Waals surface area (Å²) in [4.78, 5) is 12.1. The predicted octanol–water partition coefficient (Wildman–Crippen LogP) is 2.30. The van der Waals surface area contributed by atoms with E-state index in [0.717, 1.165) is 10.5 Å². The Kier molecular flexibility index (Phi) is 4.60. The summed E-state index contributed by atoms with van der Waals surface area (Å²) in [6.45, 7) is 0. The second-order valence-electron chi connectivity index (χ2n) is 4.18. The van der Waals surface area contributed by atoms with E-state index in [1.54, 1.807) is 18.2 Å². The monoisotopic (exact) mass is 291 g/mol. The number of rotatable bonds is 4. The molecule has 0 aliphatic carbocycles. The first-order valence-electron chi connectivity index (χ1n) is 5.87. The molecule has 0 heterocycles. The van der Waals surface area contributed by atoms with Crippen LogP contribution in [-0.2, 0) is 5.75 Å². The number of benzene rings is 2. The summed E-state index contributed by atoms with van der Waals surface area (Å²) in [5, 5.41) is 0. The Morgan fingerprint density at radius 1 is 1.20 bits per heavy atom. The van der Waals surface area contributed by atoms with Crippen molar-refractivity contribution in [2.75, 3.05) is 5.73 Å². The van der Waals surface area contributed by atoms with Crippen molar-refractivity contribution in [2.24, 2.45) is 5.84 Å². The van der Waals surface area contributed by atoms with Gasteiger partial charge in [-0.2, -0.15) is 0 Å². The maximum Gasteiger partial charge on any atom is 0.265 e. The highest BCUT2D eigenvalue weighted by atomic mass is 32.2. The van der Waals surface area contributed by atoms with E-state index < -0.39 is 0 Å². The number of nitrogens with two attached hydrogens (primary N) is 2. The van der Waals surface area contributed by atoms with Gasteiger partial charge in [0.2, 0.25) is 0 Å². The molecule has 0 unspecified atom stereocenters. The first kappa shape index (κ1) is 14.4. The van der Waals surface area contributed by atoms with E-state index in [-0.39, 0.29) is 11.7 Å². The van der Waals surface area contributed by atoms with Gasteiger partial charge in [0.05, 0.1) is 0 Å². The average molecular weight is 291 g/mol. The standard InChI is InChI=1S/C14H14FN3OS/c15-11-5-12(16)7-13(6-11)20-8-9-1-3-10(4-2-9)14(19)18-17/h1-7H,8,16-17H2,(H,18,19). The zero-order valence-corrected chi connectivity index (χ0v) is 11.4. The largest absolute Gasteiger partial charge is 0.399 e. The normalized spacial score (nSPS) is 10.3. The molecule has 0 atom stereocenters. The fourth-order valence-electron chi connectivity index (χ4n) is 1.67. The van der Waals surface area contributed by atoms with E-state index >= 15 is 0 Å². The number of halogens is 1. The highest BCUT2D eigenvalue weighted by Crippen LogP contribution is 2.25. The average Bonchev–Trinajstić information content (AvgIpc) is 2.44. The van der Waals surface area contributed by atoms with Crippen molar-refractivity contribution < 1.29 is 9.18 Å². The van der Waals surface area contributed by atoms with Crippen LogP contribution in [-0.4, -0.2) is 5.91 Å². The van der Waals surface area contributed by atoms with Gasteiger partial charge < -0.3 is 5.73 Å². The molecule has 0 aromatic heterocycles.